The first-order valence-electron chi connectivity index (χ1n) is 10.9. The number of nitrogens with zero attached hydrogens (tertiary/aromatic N) is 3. The maximum atomic E-state index is 13.0. The van der Waals surface area contributed by atoms with E-state index in [-0.39, 0.29) is 6.04 Å². The molecule has 2 fully saturated rings. The maximum Gasteiger partial charge on any atom is 0.239 e. The number of aryl methyl sites for hydroxylation is 1. The number of benzene rings is 1. The molecule has 1 atom stereocenters. The van der Waals surface area contributed by atoms with E-state index >= 15 is 0 Å². The number of hydrogen-bond acceptors (Lipinski definition) is 3. The molecule has 152 valence electrons. The van der Waals surface area contributed by atoms with Crippen LogP contribution in [0.4, 0.5) is 0 Å². The number of hydrogen-bond donors (Lipinski definition) is 1. The molecular weight excluding hydrogens is 348 g/mol. The van der Waals surface area contributed by atoms with Gasteiger partial charge in [0.2, 0.25) is 5.91 Å². The van der Waals surface area contributed by atoms with Gasteiger partial charge in [-0.1, -0.05) is 25.1 Å². The van der Waals surface area contributed by atoms with Gasteiger partial charge in [-0.3, -0.25) is 9.69 Å². The number of fused-ring (bicyclic) bond motifs is 1. The molecular formula is C23H34N4O. The number of nitrogens with one attached hydrogen (secondary N) is 1. The Balaban J connectivity index is 1.39. The Morgan fingerprint density at radius 2 is 1.86 bits per heavy atom. The van der Waals surface area contributed by atoms with E-state index in [4.69, 9.17) is 0 Å². The lowest BCUT2D eigenvalue weighted by atomic mass is 9.88. The van der Waals surface area contributed by atoms with Gasteiger partial charge in [-0.2, -0.15) is 0 Å². The number of likely N-dealkylation sites (N-methyl/N-ethyl adjacent to an activating group) is 1. The molecule has 1 N–H and O–H groups in total. The van der Waals surface area contributed by atoms with E-state index in [9.17, 15) is 4.79 Å². The average Bonchev–Trinajstić information content (AvgIpc) is 3.17. The highest BCUT2D eigenvalue weighted by atomic mass is 16.2. The Bertz CT molecular complexity index is 813. The van der Waals surface area contributed by atoms with Gasteiger partial charge in [0.15, 0.2) is 0 Å². The Hall–Kier alpha value is -1.85. The molecule has 2 aliphatic rings. The standard InChI is InChI=1S/C23H34N4O/c1-4-18-6-5-7-20-21(16-24-22(18)20)19-8-10-27(11-9-19)23(28)17(2)26-14-12-25(3)13-15-26/h5-7,16-17,19,24H,4,8-15H2,1-3H3. The quantitative estimate of drug-likeness (QED) is 0.884. The number of carbonyl (C=O) groups is 1. The Morgan fingerprint density at radius 3 is 2.54 bits per heavy atom. The lowest BCUT2D eigenvalue weighted by Gasteiger charge is -2.39. The molecule has 1 unspecified atom stereocenters. The van der Waals surface area contributed by atoms with E-state index in [1.807, 2.05) is 0 Å². The van der Waals surface area contributed by atoms with Crippen LogP contribution in [0.5, 0.6) is 0 Å². The van der Waals surface area contributed by atoms with Crippen molar-refractivity contribution in [3.8, 4) is 0 Å². The second kappa shape index (κ2) is 8.26. The molecule has 28 heavy (non-hydrogen) atoms. The zero-order chi connectivity index (χ0) is 19.7. The number of carbonyl (C=O) groups excluding carboxylic acids is 1. The minimum Gasteiger partial charge on any atom is -0.361 e. The van der Waals surface area contributed by atoms with Crippen molar-refractivity contribution >= 4 is 16.8 Å². The van der Waals surface area contributed by atoms with Crippen LogP contribution in [0.1, 0.15) is 43.7 Å². The largest absolute Gasteiger partial charge is 0.361 e. The van der Waals surface area contributed by atoms with E-state index in [1.54, 1.807) is 0 Å². The van der Waals surface area contributed by atoms with Gasteiger partial charge in [0.1, 0.15) is 0 Å². The minimum absolute atomic E-state index is 0.00505. The number of amides is 1. The van der Waals surface area contributed by atoms with Crippen LogP contribution in [0.3, 0.4) is 0 Å². The molecule has 1 aromatic heterocycles. The molecule has 2 aromatic rings. The van der Waals surface area contributed by atoms with E-state index in [0.29, 0.717) is 11.8 Å². The Kier molecular flexibility index (Phi) is 5.74. The van der Waals surface area contributed by atoms with E-state index in [2.05, 4.69) is 65.0 Å². The van der Waals surface area contributed by atoms with Crippen molar-refractivity contribution in [1.29, 1.82) is 0 Å². The lowest BCUT2D eigenvalue weighted by Crippen LogP contribution is -2.54. The van der Waals surface area contributed by atoms with E-state index in [1.165, 1.54) is 22.0 Å². The number of piperazine rings is 1. The predicted octanol–water partition coefficient (Wildman–Crippen LogP) is 3.07. The molecule has 0 saturated carbocycles. The summed E-state index contributed by atoms with van der Waals surface area (Å²) >= 11 is 0. The van der Waals surface area contributed by atoms with Gasteiger partial charge in [0.25, 0.3) is 0 Å². The molecule has 5 heteroatoms. The van der Waals surface area contributed by atoms with Crippen LogP contribution in [0.15, 0.2) is 24.4 Å². The highest BCUT2D eigenvalue weighted by molar-refractivity contribution is 5.86. The molecule has 0 radical (unpaired) electrons. The highest BCUT2D eigenvalue weighted by Gasteiger charge is 2.31. The highest BCUT2D eigenvalue weighted by Crippen LogP contribution is 2.34. The molecule has 1 aromatic carbocycles. The van der Waals surface area contributed by atoms with Gasteiger partial charge in [-0.25, -0.2) is 0 Å². The molecule has 5 nitrogen and oxygen atoms in total. The average molecular weight is 383 g/mol. The fourth-order valence-electron chi connectivity index (χ4n) is 4.91. The normalized spacial score (nSPS) is 21.3. The Morgan fingerprint density at radius 1 is 1.14 bits per heavy atom. The van der Waals surface area contributed by atoms with Crippen molar-refractivity contribution < 1.29 is 4.79 Å². The second-order valence-electron chi connectivity index (χ2n) is 8.55. The monoisotopic (exact) mass is 382 g/mol. The van der Waals surface area contributed by atoms with Crippen LogP contribution in [0.2, 0.25) is 0 Å². The first-order valence-corrected chi connectivity index (χ1v) is 10.9. The van der Waals surface area contributed by atoms with Gasteiger partial charge >= 0.3 is 0 Å². The number of aromatic nitrogens is 1. The van der Waals surface area contributed by atoms with Crippen molar-refractivity contribution in [3.63, 3.8) is 0 Å². The third-order valence-corrected chi connectivity index (χ3v) is 6.90. The second-order valence-corrected chi connectivity index (χ2v) is 8.55. The first-order chi connectivity index (χ1) is 13.6. The van der Waals surface area contributed by atoms with Crippen molar-refractivity contribution in [2.45, 2.75) is 45.1 Å². The minimum atomic E-state index is 0.00505. The summed E-state index contributed by atoms with van der Waals surface area (Å²) in [6.45, 7) is 10.2. The summed E-state index contributed by atoms with van der Waals surface area (Å²) in [6, 6.07) is 6.64. The van der Waals surface area contributed by atoms with Gasteiger partial charge in [-0.15, -0.1) is 0 Å². The summed E-state index contributed by atoms with van der Waals surface area (Å²) in [7, 11) is 2.16. The van der Waals surface area contributed by atoms with Crippen LogP contribution in [0.25, 0.3) is 10.9 Å². The third kappa shape index (κ3) is 3.70. The van der Waals surface area contributed by atoms with Crippen LogP contribution in [0, 0.1) is 0 Å². The number of aromatic amines is 1. The summed E-state index contributed by atoms with van der Waals surface area (Å²) in [4.78, 5) is 23.3. The van der Waals surface area contributed by atoms with Crippen LogP contribution < -0.4 is 0 Å². The van der Waals surface area contributed by atoms with Gasteiger partial charge in [-0.05, 0) is 50.3 Å². The van der Waals surface area contributed by atoms with Crippen molar-refractivity contribution in [2.75, 3.05) is 46.3 Å². The number of likely N-dealkylation sites (tertiary alicyclic amines) is 1. The van der Waals surface area contributed by atoms with Crippen molar-refractivity contribution in [3.05, 3.63) is 35.5 Å². The molecule has 0 aliphatic carbocycles. The Labute approximate surface area is 168 Å². The molecule has 3 heterocycles. The number of para-hydroxylation sites is 1. The SMILES string of the molecule is CCc1cccc2c(C3CCN(C(=O)C(C)N4CCN(C)CC4)CC3)c[nH]c12. The number of H-pyrrole nitrogens is 1. The zero-order valence-electron chi connectivity index (χ0n) is 17.6. The number of rotatable bonds is 4. The van der Waals surface area contributed by atoms with Gasteiger partial charge in [0, 0.05) is 56.4 Å². The summed E-state index contributed by atoms with van der Waals surface area (Å²) in [5.41, 5.74) is 4.11. The molecule has 0 spiro atoms. The van der Waals surface area contributed by atoms with Crippen LogP contribution >= 0.6 is 0 Å². The molecule has 2 saturated heterocycles. The van der Waals surface area contributed by atoms with Crippen molar-refractivity contribution in [1.82, 2.24) is 19.7 Å². The number of piperidine rings is 1. The third-order valence-electron chi connectivity index (χ3n) is 6.90. The van der Waals surface area contributed by atoms with Gasteiger partial charge < -0.3 is 14.8 Å². The van der Waals surface area contributed by atoms with Gasteiger partial charge in [0.05, 0.1) is 6.04 Å². The molecule has 1 amide bonds. The summed E-state index contributed by atoms with van der Waals surface area (Å²) in [5, 5.41) is 1.37. The smallest absolute Gasteiger partial charge is 0.239 e. The summed E-state index contributed by atoms with van der Waals surface area (Å²) < 4.78 is 0. The maximum absolute atomic E-state index is 13.0. The lowest BCUT2D eigenvalue weighted by molar-refractivity contribution is -0.138. The topological polar surface area (TPSA) is 42.6 Å². The first kappa shape index (κ1) is 19.5. The predicted molar refractivity (Wildman–Crippen MR) is 115 cm³/mol. The van der Waals surface area contributed by atoms with E-state index < -0.39 is 0 Å². The molecule has 0 bridgehead atoms. The van der Waals surface area contributed by atoms with E-state index in [0.717, 1.165) is 58.5 Å². The summed E-state index contributed by atoms with van der Waals surface area (Å²) in [5.74, 6) is 0.860. The zero-order valence-corrected chi connectivity index (χ0v) is 17.6. The molecule has 4 rings (SSSR count). The summed E-state index contributed by atoms with van der Waals surface area (Å²) in [6.07, 6.45) is 5.38. The fraction of sp³-hybridized carbons (Fsp3) is 0.609. The van der Waals surface area contributed by atoms with Crippen molar-refractivity contribution in [2.24, 2.45) is 0 Å². The van der Waals surface area contributed by atoms with Crippen LogP contribution in [-0.2, 0) is 11.2 Å². The molecule has 2 aliphatic heterocycles. The fourth-order valence-corrected chi connectivity index (χ4v) is 4.91. The van der Waals surface area contributed by atoms with Crippen LogP contribution in [-0.4, -0.2) is 77.9 Å².